The van der Waals surface area contributed by atoms with Crippen molar-refractivity contribution in [2.45, 2.75) is 38.8 Å². The van der Waals surface area contributed by atoms with Crippen molar-refractivity contribution in [2.24, 2.45) is 16.6 Å². The highest BCUT2D eigenvalue weighted by Gasteiger charge is 2.60. The van der Waals surface area contributed by atoms with E-state index in [9.17, 15) is 30.0 Å². The Hall–Kier alpha value is -3.92. The maximum Gasteiger partial charge on any atom is 0.206 e. The van der Waals surface area contributed by atoms with Crippen LogP contribution in [0.1, 0.15) is 34.0 Å². The molecule has 0 fully saturated rings. The topological polar surface area (TPSA) is 163 Å². The smallest absolute Gasteiger partial charge is 0.206 e. The van der Waals surface area contributed by atoms with Crippen molar-refractivity contribution in [3.05, 3.63) is 70.0 Å². The third-order valence-electron chi connectivity index (χ3n) is 7.86. The Kier molecular flexibility index (Phi) is 6.97. The van der Waals surface area contributed by atoms with Gasteiger partial charge in [-0.1, -0.05) is 12.1 Å². The number of ether oxygens (including phenoxy) is 1. The molecule has 204 valence electrons. The predicted molar refractivity (Wildman–Crippen MR) is 149 cm³/mol. The first-order chi connectivity index (χ1) is 17.9. The summed E-state index contributed by atoms with van der Waals surface area (Å²) < 4.78 is 5.14. The molecule has 6 N–H and O–H groups in total. The number of hydrogen-bond acceptors (Lipinski definition) is 9. The number of benzene rings is 3. The molecule has 2 aliphatic rings. The van der Waals surface area contributed by atoms with E-state index in [4.69, 9.17) is 10.5 Å². The Labute approximate surface area is 230 Å². The SMILES string of the molecule is COc1ccc(N=C(C)C2=C(O)[C@@]3(O)C(=O)c4c(c(C)c5ccc(C)c(O)c5c4O)C[C@H]3[C@@H](N)C2=O)cc1.Cl. The Bertz CT molecular complexity index is 1610. The number of Topliss-reactive ketones (excluding diaryl/α,β-unsaturated/α-hetero) is 2. The molecule has 0 saturated heterocycles. The lowest BCUT2D eigenvalue weighted by Crippen LogP contribution is -2.63. The molecule has 0 aromatic heterocycles. The van der Waals surface area contributed by atoms with E-state index in [-0.39, 0.29) is 46.8 Å². The molecule has 0 spiro atoms. The minimum Gasteiger partial charge on any atom is -0.508 e. The number of aromatic hydroxyl groups is 2. The molecule has 3 aromatic carbocycles. The highest BCUT2D eigenvalue weighted by Crippen LogP contribution is 2.50. The quantitative estimate of drug-likeness (QED) is 0.305. The lowest BCUT2D eigenvalue weighted by molar-refractivity contribution is -0.122. The van der Waals surface area contributed by atoms with Gasteiger partial charge in [0.25, 0.3) is 0 Å². The monoisotopic (exact) mass is 552 g/mol. The van der Waals surface area contributed by atoms with Gasteiger partial charge in [-0.05, 0) is 73.5 Å². The molecule has 10 heteroatoms. The minimum atomic E-state index is -2.58. The number of ketones is 2. The van der Waals surface area contributed by atoms with Gasteiger partial charge in [-0.2, -0.15) is 0 Å². The van der Waals surface area contributed by atoms with Gasteiger partial charge in [-0.15, -0.1) is 12.4 Å². The summed E-state index contributed by atoms with van der Waals surface area (Å²) in [4.78, 5) is 31.7. The van der Waals surface area contributed by atoms with Crippen LogP contribution in [0.2, 0.25) is 0 Å². The Morgan fingerprint density at radius 1 is 1.05 bits per heavy atom. The van der Waals surface area contributed by atoms with Gasteiger partial charge < -0.3 is 30.9 Å². The fourth-order valence-electron chi connectivity index (χ4n) is 5.67. The second-order valence-electron chi connectivity index (χ2n) is 9.90. The summed E-state index contributed by atoms with van der Waals surface area (Å²) in [5, 5.41) is 45.6. The highest BCUT2D eigenvalue weighted by molar-refractivity contribution is 6.27. The molecule has 0 saturated carbocycles. The number of aliphatic hydroxyl groups is 2. The summed E-state index contributed by atoms with van der Waals surface area (Å²) in [7, 11) is 1.52. The van der Waals surface area contributed by atoms with Crippen LogP contribution in [0.3, 0.4) is 0 Å². The van der Waals surface area contributed by atoms with E-state index in [1.54, 1.807) is 50.2 Å². The van der Waals surface area contributed by atoms with E-state index >= 15 is 0 Å². The molecule has 0 radical (unpaired) electrons. The third-order valence-corrected chi connectivity index (χ3v) is 7.86. The number of fused-ring (bicyclic) bond motifs is 3. The number of methoxy groups -OCH3 is 1. The Morgan fingerprint density at radius 3 is 2.31 bits per heavy atom. The molecule has 39 heavy (non-hydrogen) atoms. The number of aryl methyl sites for hydroxylation is 2. The highest BCUT2D eigenvalue weighted by atomic mass is 35.5. The fourth-order valence-corrected chi connectivity index (χ4v) is 5.67. The molecule has 3 atom stereocenters. The number of aliphatic hydroxyl groups excluding tert-OH is 1. The number of phenols is 2. The molecule has 9 nitrogen and oxygen atoms in total. The predicted octanol–water partition coefficient (Wildman–Crippen LogP) is 3.90. The summed E-state index contributed by atoms with van der Waals surface area (Å²) in [6.07, 6.45) is -0.0551. The van der Waals surface area contributed by atoms with Gasteiger partial charge in [0.2, 0.25) is 5.78 Å². The van der Waals surface area contributed by atoms with Crippen molar-refractivity contribution in [1.29, 1.82) is 0 Å². The largest absolute Gasteiger partial charge is 0.508 e. The average Bonchev–Trinajstić information content (AvgIpc) is 2.89. The minimum absolute atomic E-state index is 0. The van der Waals surface area contributed by atoms with Crippen LogP contribution in [0, 0.1) is 19.8 Å². The molecular weight excluding hydrogens is 524 g/mol. The van der Waals surface area contributed by atoms with Crippen molar-refractivity contribution >= 4 is 46.1 Å². The third kappa shape index (κ3) is 3.88. The van der Waals surface area contributed by atoms with Crippen LogP contribution in [0.15, 0.2) is 52.7 Å². The molecule has 0 amide bonds. The maximum atomic E-state index is 13.9. The number of carbonyl (C=O) groups is 2. The van der Waals surface area contributed by atoms with Gasteiger partial charge in [-0.3, -0.25) is 14.6 Å². The summed E-state index contributed by atoms with van der Waals surface area (Å²) in [6.45, 7) is 4.86. The second kappa shape index (κ2) is 9.68. The van der Waals surface area contributed by atoms with Crippen LogP contribution in [-0.2, 0) is 11.2 Å². The summed E-state index contributed by atoms with van der Waals surface area (Å²) in [5.74, 6) is -3.77. The number of nitrogens with zero attached hydrogens (tertiary/aromatic N) is 1. The zero-order valence-electron chi connectivity index (χ0n) is 21.8. The van der Waals surface area contributed by atoms with Crippen molar-refractivity contribution in [3.63, 3.8) is 0 Å². The normalized spacial score (nSPS) is 22.9. The summed E-state index contributed by atoms with van der Waals surface area (Å²) in [5.41, 5.74) is 5.19. The van der Waals surface area contributed by atoms with Crippen molar-refractivity contribution in [3.8, 4) is 17.2 Å². The maximum absolute atomic E-state index is 13.9. The Morgan fingerprint density at radius 2 is 1.69 bits per heavy atom. The van der Waals surface area contributed by atoms with E-state index < -0.39 is 40.6 Å². The van der Waals surface area contributed by atoms with Gasteiger partial charge >= 0.3 is 0 Å². The van der Waals surface area contributed by atoms with Crippen LogP contribution < -0.4 is 10.5 Å². The average molecular weight is 553 g/mol. The first-order valence-corrected chi connectivity index (χ1v) is 12.1. The van der Waals surface area contributed by atoms with Gasteiger partial charge in [0.1, 0.15) is 23.0 Å². The zero-order valence-corrected chi connectivity index (χ0v) is 22.6. The number of carbonyl (C=O) groups excluding carboxylic acids is 2. The van der Waals surface area contributed by atoms with Gasteiger partial charge in [-0.25, -0.2) is 0 Å². The van der Waals surface area contributed by atoms with E-state index in [1.807, 2.05) is 0 Å². The fraction of sp³-hybridized carbons (Fsp3) is 0.276. The van der Waals surface area contributed by atoms with Crippen molar-refractivity contribution < 1.29 is 34.8 Å². The first kappa shape index (κ1) is 28.1. The summed E-state index contributed by atoms with van der Waals surface area (Å²) in [6, 6.07) is 8.73. The molecular formula is C29H29ClN2O7. The summed E-state index contributed by atoms with van der Waals surface area (Å²) >= 11 is 0. The molecule has 0 heterocycles. The van der Waals surface area contributed by atoms with Crippen LogP contribution in [0.25, 0.3) is 10.8 Å². The van der Waals surface area contributed by atoms with Gasteiger partial charge in [0.05, 0.1) is 41.1 Å². The molecule has 0 aliphatic heterocycles. The molecule has 5 rings (SSSR count). The lowest BCUT2D eigenvalue weighted by Gasteiger charge is -2.45. The van der Waals surface area contributed by atoms with E-state index in [1.165, 1.54) is 14.0 Å². The molecule has 2 aliphatic carbocycles. The van der Waals surface area contributed by atoms with E-state index in [2.05, 4.69) is 4.99 Å². The number of aliphatic imine (C=N–C) groups is 1. The second-order valence-corrected chi connectivity index (χ2v) is 9.90. The number of phenolic OH excluding ortho intramolecular Hbond substituents is 2. The van der Waals surface area contributed by atoms with Gasteiger partial charge in [0, 0.05) is 5.92 Å². The number of rotatable bonds is 3. The van der Waals surface area contributed by atoms with Gasteiger partial charge in [0.15, 0.2) is 11.4 Å². The van der Waals surface area contributed by atoms with Crippen LogP contribution >= 0.6 is 12.4 Å². The number of hydrogen-bond donors (Lipinski definition) is 5. The van der Waals surface area contributed by atoms with Crippen molar-refractivity contribution in [2.75, 3.05) is 7.11 Å². The lowest BCUT2D eigenvalue weighted by atomic mass is 9.61. The molecule has 0 unspecified atom stereocenters. The van der Waals surface area contributed by atoms with E-state index in [0.717, 1.165) is 0 Å². The van der Waals surface area contributed by atoms with E-state index in [0.29, 0.717) is 33.5 Å². The van der Waals surface area contributed by atoms with Crippen molar-refractivity contribution in [1.82, 2.24) is 0 Å². The number of nitrogens with two attached hydrogens (primary N) is 1. The standard InChI is InChI=1S/C29H28N2O7.ClH/c1-12-5-10-17-13(2)18-11-19-23(30)26(34)20(14(3)31-15-6-8-16(38-4)9-7-15)27(35)29(19,37)28(36)22(18)25(33)21(17)24(12)32;/h5-10,19,23,32-33,35,37H,11,30H2,1-4H3;1H/t19-,23+,29+;/m0./s1. The molecule has 0 bridgehead atoms. The van der Waals surface area contributed by atoms with Crippen LogP contribution in [-0.4, -0.2) is 56.5 Å². The van der Waals surface area contributed by atoms with Crippen LogP contribution in [0.4, 0.5) is 5.69 Å². The first-order valence-electron chi connectivity index (χ1n) is 12.1. The van der Waals surface area contributed by atoms with Crippen LogP contribution in [0.5, 0.6) is 17.2 Å². The molecule has 3 aromatic rings. The Balaban J connectivity index is 0.00000353. The number of halogens is 1. The zero-order chi connectivity index (χ0) is 27.7.